The Morgan fingerprint density at radius 3 is 2.96 bits per heavy atom. The Kier molecular flexibility index (Phi) is 4.41. The number of benzene rings is 1. The number of fused-ring (bicyclic) bond motifs is 1. The zero-order valence-corrected chi connectivity index (χ0v) is 14.8. The van der Waals surface area contributed by atoms with Gasteiger partial charge < -0.3 is 5.11 Å². The highest BCUT2D eigenvalue weighted by Crippen LogP contribution is 2.29. The van der Waals surface area contributed by atoms with Gasteiger partial charge >= 0.3 is 0 Å². The zero-order chi connectivity index (χ0) is 17.4. The first-order valence-corrected chi connectivity index (χ1v) is 8.75. The lowest BCUT2D eigenvalue weighted by atomic mass is 10.0. The van der Waals surface area contributed by atoms with Gasteiger partial charge in [-0.1, -0.05) is 17.7 Å². The van der Waals surface area contributed by atoms with Gasteiger partial charge in [-0.15, -0.1) is 0 Å². The van der Waals surface area contributed by atoms with Crippen LogP contribution in [0.4, 0.5) is 0 Å². The Bertz CT molecular complexity index is 882. The Labute approximate surface area is 151 Å². The van der Waals surface area contributed by atoms with Crippen LogP contribution in [0.3, 0.4) is 0 Å². The first-order chi connectivity index (χ1) is 12.1. The van der Waals surface area contributed by atoms with Crippen LogP contribution >= 0.6 is 11.6 Å². The number of likely N-dealkylation sites (tertiary alicyclic amines) is 1. The maximum atomic E-state index is 10.4. The van der Waals surface area contributed by atoms with E-state index in [0.717, 1.165) is 40.3 Å². The molecule has 3 aromatic rings. The van der Waals surface area contributed by atoms with Gasteiger partial charge in [0.05, 0.1) is 28.0 Å². The van der Waals surface area contributed by atoms with Crippen molar-refractivity contribution in [1.82, 2.24) is 24.6 Å². The number of nitrogens with zero attached hydrogens (tertiary/aromatic N) is 5. The summed E-state index contributed by atoms with van der Waals surface area (Å²) in [6.07, 6.45) is 5.48. The van der Waals surface area contributed by atoms with E-state index in [0.29, 0.717) is 13.1 Å². The molecule has 0 spiro atoms. The van der Waals surface area contributed by atoms with Crippen LogP contribution in [0.2, 0.25) is 5.02 Å². The summed E-state index contributed by atoms with van der Waals surface area (Å²) in [5.74, 6) is 0.155. The fraction of sp³-hybridized carbons (Fsp3) is 0.389. The van der Waals surface area contributed by atoms with E-state index in [1.165, 1.54) is 0 Å². The van der Waals surface area contributed by atoms with Crippen molar-refractivity contribution >= 4 is 22.5 Å². The molecule has 2 aromatic heterocycles. The molecular weight excluding hydrogens is 338 g/mol. The van der Waals surface area contributed by atoms with Crippen LogP contribution in [-0.4, -0.2) is 48.9 Å². The van der Waals surface area contributed by atoms with Crippen LogP contribution < -0.4 is 0 Å². The number of rotatable bonds is 4. The second kappa shape index (κ2) is 6.71. The van der Waals surface area contributed by atoms with Crippen molar-refractivity contribution in [3.63, 3.8) is 0 Å². The van der Waals surface area contributed by atoms with Gasteiger partial charge in [-0.3, -0.25) is 19.5 Å². The average molecular weight is 358 g/mol. The lowest BCUT2D eigenvalue weighted by molar-refractivity contribution is 0.140. The molecule has 1 fully saturated rings. The Balaban J connectivity index is 1.51. The summed E-state index contributed by atoms with van der Waals surface area (Å²) < 4.78 is 1.86. The van der Waals surface area contributed by atoms with E-state index in [1.807, 2.05) is 29.9 Å². The van der Waals surface area contributed by atoms with Gasteiger partial charge in [0.25, 0.3) is 0 Å². The van der Waals surface area contributed by atoms with Gasteiger partial charge in [-0.05, 0) is 18.6 Å². The predicted molar refractivity (Wildman–Crippen MR) is 96.2 cm³/mol. The fourth-order valence-corrected chi connectivity index (χ4v) is 3.93. The molecule has 1 aliphatic rings. The minimum atomic E-state index is -0.368. The number of hydrogen-bond donors (Lipinski definition) is 1. The van der Waals surface area contributed by atoms with Crippen LogP contribution in [0.25, 0.3) is 10.9 Å². The van der Waals surface area contributed by atoms with Crippen molar-refractivity contribution in [2.24, 2.45) is 13.0 Å². The predicted octanol–water partition coefficient (Wildman–Crippen LogP) is 2.05. The quantitative estimate of drug-likeness (QED) is 0.774. The Morgan fingerprint density at radius 1 is 1.28 bits per heavy atom. The van der Waals surface area contributed by atoms with Crippen LogP contribution in [-0.2, 0) is 20.0 Å². The molecule has 4 rings (SSSR count). The number of aliphatic hydroxyl groups excluding tert-OH is 1. The summed E-state index contributed by atoms with van der Waals surface area (Å²) in [7, 11) is 1.93. The number of aliphatic hydroxyl groups is 1. The second-order valence-corrected chi connectivity index (χ2v) is 7.03. The molecular formula is C18H20ClN5O. The van der Waals surface area contributed by atoms with Crippen molar-refractivity contribution in [3.8, 4) is 0 Å². The largest absolute Gasteiger partial charge is 0.391 e. The summed E-state index contributed by atoms with van der Waals surface area (Å²) >= 11 is 6.39. The van der Waals surface area contributed by atoms with Gasteiger partial charge in [-0.2, -0.15) is 5.10 Å². The van der Waals surface area contributed by atoms with Gasteiger partial charge in [0, 0.05) is 56.6 Å². The molecule has 0 saturated carbocycles. The van der Waals surface area contributed by atoms with E-state index in [2.05, 4.69) is 20.0 Å². The molecule has 130 valence electrons. The van der Waals surface area contributed by atoms with Crippen LogP contribution in [0.1, 0.15) is 11.4 Å². The number of aromatic nitrogens is 4. The third kappa shape index (κ3) is 3.25. The van der Waals surface area contributed by atoms with Crippen molar-refractivity contribution in [3.05, 3.63) is 53.2 Å². The molecule has 7 heteroatoms. The van der Waals surface area contributed by atoms with E-state index in [1.54, 1.807) is 18.6 Å². The maximum absolute atomic E-state index is 10.4. The molecule has 3 heterocycles. The SMILES string of the molecule is Cn1nc(CN2C[C@@H](Cc3cnccn3)[C@H](O)C2)c2c(Cl)cccc21. The highest BCUT2D eigenvalue weighted by atomic mass is 35.5. The summed E-state index contributed by atoms with van der Waals surface area (Å²) in [6.45, 7) is 2.11. The van der Waals surface area contributed by atoms with Crippen molar-refractivity contribution in [2.45, 2.75) is 19.1 Å². The first-order valence-electron chi connectivity index (χ1n) is 8.37. The third-order valence-corrected chi connectivity index (χ3v) is 5.16. The molecule has 0 bridgehead atoms. The number of β-amino-alcohol motifs (C(OH)–C–C–N with tert-alkyl or cyclic N) is 1. The van der Waals surface area contributed by atoms with E-state index in [9.17, 15) is 5.11 Å². The first kappa shape index (κ1) is 16.4. The molecule has 0 aliphatic carbocycles. The van der Waals surface area contributed by atoms with Crippen LogP contribution in [0, 0.1) is 5.92 Å². The van der Waals surface area contributed by atoms with E-state index < -0.39 is 0 Å². The molecule has 1 aromatic carbocycles. The van der Waals surface area contributed by atoms with Crippen molar-refractivity contribution in [1.29, 1.82) is 0 Å². The second-order valence-electron chi connectivity index (χ2n) is 6.63. The molecule has 1 saturated heterocycles. The topological polar surface area (TPSA) is 67.1 Å². The third-order valence-electron chi connectivity index (χ3n) is 4.84. The Hall–Kier alpha value is -2.02. The molecule has 0 amide bonds. The molecule has 6 nitrogen and oxygen atoms in total. The normalized spacial score (nSPS) is 21.2. The van der Waals surface area contributed by atoms with Gasteiger partial charge in [0.15, 0.2) is 0 Å². The minimum absolute atomic E-state index is 0.155. The van der Waals surface area contributed by atoms with Gasteiger partial charge in [0.2, 0.25) is 0 Å². The molecule has 0 unspecified atom stereocenters. The van der Waals surface area contributed by atoms with Crippen molar-refractivity contribution < 1.29 is 5.11 Å². The number of aryl methyl sites for hydroxylation is 1. The molecule has 0 radical (unpaired) electrons. The van der Waals surface area contributed by atoms with Gasteiger partial charge in [-0.25, -0.2) is 0 Å². The molecule has 25 heavy (non-hydrogen) atoms. The smallest absolute Gasteiger partial charge is 0.0858 e. The Morgan fingerprint density at radius 2 is 2.16 bits per heavy atom. The number of hydrogen-bond acceptors (Lipinski definition) is 5. The lowest BCUT2D eigenvalue weighted by Gasteiger charge is -2.14. The van der Waals surface area contributed by atoms with E-state index in [-0.39, 0.29) is 12.0 Å². The fourth-order valence-electron chi connectivity index (χ4n) is 3.65. The average Bonchev–Trinajstić information content (AvgIpc) is 3.10. The summed E-state index contributed by atoms with van der Waals surface area (Å²) in [6, 6.07) is 5.85. The van der Waals surface area contributed by atoms with Crippen LogP contribution in [0.15, 0.2) is 36.8 Å². The maximum Gasteiger partial charge on any atom is 0.0858 e. The summed E-state index contributed by atoms with van der Waals surface area (Å²) in [5.41, 5.74) is 2.90. The van der Waals surface area contributed by atoms with Crippen molar-refractivity contribution in [2.75, 3.05) is 13.1 Å². The summed E-state index contributed by atoms with van der Waals surface area (Å²) in [4.78, 5) is 10.6. The lowest BCUT2D eigenvalue weighted by Crippen LogP contribution is -2.21. The molecule has 1 N–H and O–H groups in total. The van der Waals surface area contributed by atoms with E-state index in [4.69, 9.17) is 11.6 Å². The van der Waals surface area contributed by atoms with E-state index >= 15 is 0 Å². The monoisotopic (exact) mass is 357 g/mol. The highest BCUT2D eigenvalue weighted by Gasteiger charge is 2.32. The summed E-state index contributed by atoms with van der Waals surface area (Å²) in [5, 5.41) is 16.8. The van der Waals surface area contributed by atoms with Gasteiger partial charge in [0.1, 0.15) is 0 Å². The minimum Gasteiger partial charge on any atom is -0.391 e. The van der Waals surface area contributed by atoms with Crippen LogP contribution in [0.5, 0.6) is 0 Å². The standard InChI is InChI=1S/C18H20ClN5O/c1-23-16-4-2-3-14(19)18(16)15(22-23)10-24-9-12(17(25)11-24)7-13-8-20-5-6-21-13/h2-6,8,12,17,25H,7,9-11H2,1H3/t12-,17-/m1/s1. The molecule has 2 atom stereocenters. The number of halogens is 1. The highest BCUT2D eigenvalue weighted by molar-refractivity contribution is 6.35. The molecule has 1 aliphatic heterocycles. The zero-order valence-electron chi connectivity index (χ0n) is 14.0.